The molecule has 2 nitrogen and oxygen atoms in total. The molecule has 0 aliphatic carbocycles. The molecule has 16 aromatic carbocycles. The Morgan fingerprint density at radius 1 is 0.270 bits per heavy atom. The number of halogens is 3. The molecular formula is C95H85Br3N2. The van der Waals surface area contributed by atoms with Gasteiger partial charge in [0, 0.05) is 28.3 Å². The van der Waals surface area contributed by atoms with Crippen LogP contribution in [0.3, 0.4) is 0 Å². The van der Waals surface area contributed by atoms with E-state index in [1.165, 1.54) is 197 Å². The van der Waals surface area contributed by atoms with Crippen molar-refractivity contribution in [3.05, 3.63) is 334 Å². The van der Waals surface area contributed by atoms with Gasteiger partial charge in [0.2, 0.25) is 0 Å². The quantitative estimate of drug-likeness (QED) is 0.0950. The number of hydrogen-bond donors (Lipinski definition) is 1. The summed E-state index contributed by atoms with van der Waals surface area (Å²) in [6, 6.07) is 98.1. The highest BCUT2D eigenvalue weighted by Gasteiger charge is 2.28. The maximum atomic E-state index is 3.76. The molecule has 0 fully saturated rings. The molecule has 100 heavy (non-hydrogen) atoms. The second-order valence-electron chi connectivity index (χ2n) is 27.9. The molecule has 0 heterocycles. The Morgan fingerprint density at radius 3 is 0.920 bits per heavy atom. The fourth-order valence-electron chi connectivity index (χ4n) is 16.0. The topological polar surface area (TPSA) is 12.0 Å². The van der Waals surface area contributed by atoms with E-state index in [2.05, 4.69) is 367 Å². The van der Waals surface area contributed by atoms with Crippen LogP contribution in [0.25, 0.3) is 131 Å². The summed E-state index contributed by atoms with van der Waals surface area (Å²) in [5.41, 5.74) is 27.2. The van der Waals surface area contributed by atoms with Crippen molar-refractivity contribution in [2.75, 3.05) is 21.1 Å². The van der Waals surface area contributed by atoms with Crippen molar-refractivity contribution in [3.63, 3.8) is 0 Å². The number of quaternary nitrogens is 1. The first-order chi connectivity index (χ1) is 48.1. The minimum absolute atomic E-state index is 0. The predicted molar refractivity (Wildman–Crippen MR) is 438 cm³/mol. The van der Waals surface area contributed by atoms with Crippen LogP contribution >= 0.6 is 31.9 Å². The second-order valence-corrected chi connectivity index (χ2v) is 29.0. The smallest absolute Gasteiger partial charge is 0.105 e. The lowest BCUT2D eigenvalue weighted by Gasteiger charge is -2.33. The van der Waals surface area contributed by atoms with Gasteiger partial charge in [-0.15, -0.1) is 0 Å². The van der Waals surface area contributed by atoms with E-state index in [4.69, 9.17) is 0 Å². The van der Waals surface area contributed by atoms with Gasteiger partial charge in [-0.2, -0.15) is 0 Å². The van der Waals surface area contributed by atoms with Crippen LogP contribution in [0.5, 0.6) is 0 Å². The first-order valence-electron chi connectivity index (χ1n) is 34.8. The summed E-state index contributed by atoms with van der Waals surface area (Å²) in [5.74, 6) is 0. The Kier molecular flexibility index (Phi) is 20.6. The number of alkyl halides is 2. The van der Waals surface area contributed by atoms with Crippen molar-refractivity contribution in [1.82, 2.24) is 5.32 Å². The highest BCUT2D eigenvalue weighted by Crippen LogP contribution is 2.47. The van der Waals surface area contributed by atoms with Gasteiger partial charge in [0.15, 0.2) is 0 Å². The van der Waals surface area contributed by atoms with Crippen LogP contribution in [-0.4, -0.2) is 25.6 Å². The van der Waals surface area contributed by atoms with Gasteiger partial charge in [-0.05, 0) is 242 Å². The molecule has 0 atom stereocenters. The van der Waals surface area contributed by atoms with Gasteiger partial charge in [-0.3, -0.25) is 0 Å². The van der Waals surface area contributed by atoms with Gasteiger partial charge in [-0.25, -0.2) is 0 Å². The fourth-order valence-corrected chi connectivity index (χ4v) is 17.4. The number of fused-ring (bicyclic) bond motifs is 8. The van der Waals surface area contributed by atoms with Gasteiger partial charge in [0.1, 0.15) is 13.1 Å². The van der Waals surface area contributed by atoms with Crippen molar-refractivity contribution >= 4 is 118 Å². The molecule has 16 rings (SSSR count). The number of nitrogens with zero attached hydrogens (tertiary/aromatic N) is 1. The zero-order valence-electron chi connectivity index (χ0n) is 59.0. The van der Waals surface area contributed by atoms with Gasteiger partial charge < -0.3 is 26.8 Å². The monoisotopic (exact) mass is 1490 g/mol. The molecule has 496 valence electrons. The number of rotatable bonds is 12. The second kappa shape index (κ2) is 29.6. The molecule has 1 N–H and O–H groups in total. The molecule has 0 aliphatic heterocycles. The minimum Gasteiger partial charge on any atom is -1.00 e. The lowest BCUT2D eigenvalue weighted by atomic mass is 9.83. The summed E-state index contributed by atoms with van der Waals surface area (Å²) in [7, 11) is 6.83. The normalized spacial score (nSPS) is 11.6. The first-order valence-corrected chi connectivity index (χ1v) is 37.0. The maximum Gasteiger partial charge on any atom is 0.105 e. The summed E-state index contributed by atoms with van der Waals surface area (Å²) in [4.78, 5) is 0. The zero-order chi connectivity index (χ0) is 68.6. The van der Waals surface area contributed by atoms with E-state index in [0.29, 0.717) is 0 Å². The van der Waals surface area contributed by atoms with Crippen LogP contribution in [0.1, 0.15) is 66.8 Å². The predicted octanol–water partition coefficient (Wildman–Crippen LogP) is 23.4. The van der Waals surface area contributed by atoms with Gasteiger partial charge in [-0.1, -0.05) is 299 Å². The van der Waals surface area contributed by atoms with Crippen LogP contribution in [0, 0.1) is 48.5 Å². The van der Waals surface area contributed by atoms with Crippen LogP contribution < -0.4 is 22.3 Å². The van der Waals surface area contributed by atoms with Crippen LogP contribution in [0.4, 0.5) is 0 Å². The Labute approximate surface area is 618 Å². The average Bonchev–Trinajstić information content (AvgIpc) is 0.764. The molecule has 0 radical (unpaired) electrons. The number of benzene rings is 16. The highest BCUT2D eigenvalue weighted by atomic mass is 79.9. The van der Waals surface area contributed by atoms with E-state index in [-0.39, 0.29) is 17.0 Å². The third kappa shape index (κ3) is 13.2. The molecule has 0 aromatic heterocycles. The lowest BCUT2D eigenvalue weighted by Crippen LogP contribution is -3.00. The summed E-state index contributed by atoms with van der Waals surface area (Å²) >= 11 is 7.52. The third-order valence-corrected chi connectivity index (χ3v) is 22.0. The first kappa shape index (κ1) is 69.4. The van der Waals surface area contributed by atoms with Crippen LogP contribution in [0.15, 0.2) is 267 Å². The molecular weight excluding hydrogens is 1410 g/mol. The largest absolute Gasteiger partial charge is 1.00 e. The van der Waals surface area contributed by atoms with Gasteiger partial charge in [0.25, 0.3) is 0 Å². The molecule has 5 heteroatoms. The Bertz CT molecular complexity index is 5710. The Hall–Kier alpha value is -9.04. The van der Waals surface area contributed by atoms with E-state index in [1.807, 2.05) is 7.05 Å². The molecule has 0 bridgehead atoms. The lowest BCUT2D eigenvalue weighted by molar-refractivity contribution is -0.916. The van der Waals surface area contributed by atoms with Crippen molar-refractivity contribution in [2.45, 2.75) is 78.8 Å². The molecule has 0 saturated heterocycles. The molecule has 0 saturated carbocycles. The maximum absolute atomic E-state index is 3.76. The molecule has 16 aromatic rings. The van der Waals surface area contributed by atoms with Crippen molar-refractivity contribution in [2.24, 2.45) is 0 Å². The molecule has 0 amide bonds. The molecule has 0 aliphatic rings. The standard InChI is InChI=1S/C48H44N.C24H20Br2.C23H21N.BrH/c1-31-23-24-35-15-7-11-19-40(35)45(31)47-39(26-25-36-16-8-12-20-41(36)47)29-49(5,6)30-44-33(3)28-38-18-10-14-22-43(38)48(44)46-34(4)32(2)27-37-17-9-13-21-42(37)46;1-15-11-17-7-3-5-9-19(17)23(21(15)13-25)24-20-10-6-4-8-18(20)12-16(2)22(24)14-26;1-16-11-12-17-7-3-5-9-20(17)22(16)23-19(15-24-2)14-13-18-8-4-6-10-21(18)23;/h7-28H,29-30H2,1-6H3;3-12H,13-14H2,1-2H3;3-14,24H,15H2,1-2H3;1H/q+1;;;/p-1. The number of hydrogen-bond acceptors (Lipinski definition) is 1. The van der Waals surface area contributed by atoms with E-state index in [0.717, 1.165) is 34.8 Å². The fraction of sp³-hybridized carbons (Fsp3) is 0.158. The zero-order valence-corrected chi connectivity index (χ0v) is 63.8. The summed E-state index contributed by atoms with van der Waals surface area (Å²) < 4.78 is 0.824. The van der Waals surface area contributed by atoms with Crippen LogP contribution in [0.2, 0.25) is 0 Å². The summed E-state index contributed by atoms with van der Waals surface area (Å²) in [6.07, 6.45) is 0. The van der Waals surface area contributed by atoms with E-state index >= 15 is 0 Å². The minimum atomic E-state index is 0. The third-order valence-electron chi connectivity index (χ3n) is 20.8. The van der Waals surface area contributed by atoms with Gasteiger partial charge >= 0.3 is 0 Å². The highest BCUT2D eigenvalue weighted by molar-refractivity contribution is 9.08. The van der Waals surface area contributed by atoms with Crippen molar-refractivity contribution in [1.29, 1.82) is 0 Å². The molecule has 0 spiro atoms. The SMILES string of the molecule is CNCc1ccc2ccccc2c1-c1c(C)ccc2ccccc12.Cc1cc2ccccc2c(-c2c(CBr)c(C)cc3ccccc23)c1CBr.Cc1cc2ccccc2c(-c2c(C[N+](C)(C)Cc3ccc4ccccc4c3-c3c(C)ccc4ccccc34)c(C)cc3ccccc23)c1C.[Br-]. The number of aryl methyl sites for hydroxylation is 6. The number of nitrogens with one attached hydrogen (secondary N) is 1. The van der Waals surface area contributed by atoms with Crippen molar-refractivity contribution < 1.29 is 21.5 Å². The summed E-state index contributed by atoms with van der Waals surface area (Å²) in [6.45, 7) is 18.5. The average molecular weight is 1490 g/mol. The van der Waals surface area contributed by atoms with E-state index in [1.54, 1.807) is 0 Å². The van der Waals surface area contributed by atoms with Gasteiger partial charge in [0.05, 0.1) is 14.1 Å². The molecule has 0 unspecified atom stereocenters. The Balaban J connectivity index is 0.000000148. The Morgan fingerprint density at radius 2 is 0.550 bits per heavy atom. The van der Waals surface area contributed by atoms with Crippen LogP contribution in [-0.2, 0) is 30.3 Å². The van der Waals surface area contributed by atoms with Crippen molar-refractivity contribution in [3.8, 4) is 44.5 Å². The van der Waals surface area contributed by atoms with E-state index < -0.39 is 0 Å². The summed E-state index contributed by atoms with van der Waals surface area (Å²) in [5, 5.41) is 26.0. The van der Waals surface area contributed by atoms with E-state index in [9.17, 15) is 0 Å².